The molecule has 0 saturated heterocycles. The molecule has 0 aliphatic rings. The molecule has 0 bridgehead atoms. The molecule has 0 spiro atoms. The monoisotopic (exact) mass is 364 g/mol. The number of fused-ring (bicyclic) bond motifs is 3. The molecule has 0 unspecified atom stereocenters. The van der Waals surface area contributed by atoms with Crippen LogP contribution >= 0.6 is 0 Å². The lowest BCUT2D eigenvalue weighted by atomic mass is 10.1. The second-order valence-electron chi connectivity index (χ2n) is 6.66. The van der Waals surface area contributed by atoms with Crippen molar-refractivity contribution in [3.8, 4) is 0 Å². The van der Waals surface area contributed by atoms with Crippen LogP contribution in [0, 0.1) is 11.6 Å². The third-order valence-corrected chi connectivity index (χ3v) is 4.78. The van der Waals surface area contributed by atoms with Crippen molar-refractivity contribution >= 4 is 27.7 Å². The van der Waals surface area contributed by atoms with Crippen molar-refractivity contribution in [2.45, 2.75) is 13.0 Å². The summed E-state index contributed by atoms with van der Waals surface area (Å²) in [6, 6.07) is 16.7. The number of amides is 1. The van der Waals surface area contributed by atoms with E-state index in [9.17, 15) is 13.6 Å². The smallest absolute Gasteiger partial charge is 0.224 e. The van der Waals surface area contributed by atoms with Gasteiger partial charge in [0.15, 0.2) is 0 Å². The highest BCUT2D eigenvalue weighted by Crippen LogP contribution is 2.29. The zero-order chi connectivity index (χ0) is 19.0. The van der Waals surface area contributed by atoms with Gasteiger partial charge in [0.1, 0.15) is 11.6 Å². The summed E-state index contributed by atoms with van der Waals surface area (Å²) in [4.78, 5) is 12.2. The van der Waals surface area contributed by atoms with Crippen LogP contribution in [-0.2, 0) is 24.8 Å². The van der Waals surface area contributed by atoms with E-state index in [-0.39, 0.29) is 30.5 Å². The Kier molecular flexibility index (Phi) is 4.36. The molecule has 1 aromatic heterocycles. The molecule has 0 fully saturated rings. The first-order valence-corrected chi connectivity index (χ1v) is 8.69. The van der Waals surface area contributed by atoms with Crippen molar-refractivity contribution in [3.63, 3.8) is 0 Å². The molecule has 3 nitrogen and oxygen atoms in total. The molecule has 27 heavy (non-hydrogen) atoms. The lowest BCUT2D eigenvalue weighted by Crippen LogP contribution is -2.24. The fourth-order valence-electron chi connectivity index (χ4n) is 3.43. The minimum atomic E-state index is -0.320. The molecule has 0 aliphatic heterocycles. The van der Waals surface area contributed by atoms with Crippen LogP contribution in [0.5, 0.6) is 0 Å². The summed E-state index contributed by atoms with van der Waals surface area (Å²) in [5.41, 5.74) is 3.48. The summed E-state index contributed by atoms with van der Waals surface area (Å²) in [7, 11) is 1.93. The molecule has 3 aromatic carbocycles. The topological polar surface area (TPSA) is 34.0 Å². The van der Waals surface area contributed by atoms with E-state index in [4.69, 9.17) is 0 Å². The average molecular weight is 364 g/mol. The van der Waals surface area contributed by atoms with Crippen LogP contribution in [0.4, 0.5) is 8.78 Å². The van der Waals surface area contributed by atoms with Gasteiger partial charge in [-0.2, -0.15) is 0 Å². The number of hydrogen-bond acceptors (Lipinski definition) is 1. The number of halogens is 2. The minimum Gasteiger partial charge on any atom is -0.352 e. The van der Waals surface area contributed by atoms with E-state index in [0.717, 1.165) is 32.9 Å². The second kappa shape index (κ2) is 6.83. The SMILES string of the molecule is Cn1c2ccc(F)cc2c2ccc(CC(=O)NCc3cccc(F)c3)cc21. The Morgan fingerprint density at radius 2 is 1.70 bits per heavy atom. The first kappa shape index (κ1) is 17.2. The summed E-state index contributed by atoms with van der Waals surface area (Å²) < 4.78 is 28.8. The molecule has 0 saturated carbocycles. The molecule has 0 radical (unpaired) electrons. The maximum absolute atomic E-state index is 13.6. The lowest BCUT2D eigenvalue weighted by molar-refractivity contribution is -0.120. The average Bonchev–Trinajstić information content (AvgIpc) is 2.92. The minimum absolute atomic E-state index is 0.136. The van der Waals surface area contributed by atoms with Gasteiger partial charge < -0.3 is 9.88 Å². The number of aryl methyl sites for hydroxylation is 1. The maximum atomic E-state index is 13.6. The third-order valence-electron chi connectivity index (χ3n) is 4.78. The van der Waals surface area contributed by atoms with Crippen molar-refractivity contribution in [2.75, 3.05) is 0 Å². The van der Waals surface area contributed by atoms with Crippen molar-refractivity contribution in [1.29, 1.82) is 0 Å². The first-order chi connectivity index (χ1) is 13.0. The van der Waals surface area contributed by atoms with Gasteiger partial charge in [0, 0.05) is 35.4 Å². The number of hydrogen-bond donors (Lipinski definition) is 1. The summed E-state index contributed by atoms with van der Waals surface area (Å²) >= 11 is 0. The standard InChI is InChI=1S/C22H18F2N2O/c1-26-20-8-6-17(24)12-19(20)18-7-5-14(10-21(18)26)11-22(27)25-13-15-3-2-4-16(23)9-15/h2-10,12H,11,13H2,1H3,(H,25,27). The normalized spacial score (nSPS) is 11.2. The Morgan fingerprint density at radius 3 is 2.52 bits per heavy atom. The van der Waals surface area contributed by atoms with Gasteiger partial charge in [-0.15, -0.1) is 0 Å². The van der Waals surface area contributed by atoms with Gasteiger partial charge in [0.2, 0.25) is 5.91 Å². The molecular formula is C22H18F2N2O. The molecule has 1 amide bonds. The predicted molar refractivity (Wildman–Crippen MR) is 102 cm³/mol. The van der Waals surface area contributed by atoms with Crippen molar-refractivity contribution < 1.29 is 13.6 Å². The Labute approximate surface area is 155 Å². The summed E-state index contributed by atoms with van der Waals surface area (Å²) in [6.07, 6.45) is 0.223. The van der Waals surface area contributed by atoms with E-state index in [1.807, 2.05) is 29.8 Å². The summed E-state index contributed by atoms with van der Waals surface area (Å²) in [5.74, 6) is -0.723. The molecule has 5 heteroatoms. The molecule has 0 aliphatic carbocycles. The number of nitrogens with zero attached hydrogens (tertiary/aromatic N) is 1. The van der Waals surface area contributed by atoms with Gasteiger partial charge in [-0.1, -0.05) is 24.3 Å². The highest BCUT2D eigenvalue weighted by atomic mass is 19.1. The van der Waals surface area contributed by atoms with Gasteiger partial charge in [0.25, 0.3) is 0 Å². The van der Waals surface area contributed by atoms with E-state index in [0.29, 0.717) is 0 Å². The largest absolute Gasteiger partial charge is 0.352 e. The van der Waals surface area contributed by atoms with Crippen LogP contribution in [0.1, 0.15) is 11.1 Å². The van der Waals surface area contributed by atoms with Crippen LogP contribution in [0.15, 0.2) is 60.7 Å². The zero-order valence-electron chi connectivity index (χ0n) is 14.8. The van der Waals surface area contributed by atoms with E-state index in [1.54, 1.807) is 18.2 Å². The van der Waals surface area contributed by atoms with Crippen LogP contribution in [0.2, 0.25) is 0 Å². The number of carbonyl (C=O) groups excluding carboxylic acids is 1. The number of rotatable bonds is 4. The highest BCUT2D eigenvalue weighted by Gasteiger charge is 2.11. The van der Waals surface area contributed by atoms with E-state index < -0.39 is 0 Å². The number of nitrogens with one attached hydrogen (secondary N) is 1. The predicted octanol–water partition coefficient (Wildman–Crippen LogP) is 4.47. The molecule has 4 rings (SSSR count). The highest BCUT2D eigenvalue weighted by molar-refractivity contribution is 6.08. The first-order valence-electron chi connectivity index (χ1n) is 8.69. The van der Waals surface area contributed by atoms with Gasteiger partial charge in [0.05, 0.1) is 6.42 Å². The molecule has 0 atom stereocenters. The molecular weight excluding hydrogens is 346 g/mol. The fraction of sp³-hybridized carbons (Fsp3) is 0.136. The molecule has 4 aromatic rings. The Balaban J connectivity index is 1.54. The van der Waals surface area contributed by atoms with Gasteiger partial charge in [-0.3, -0.25) is 4.79 Å². The molecule has 1 heterocycles. The van der Waals surface area contributed by atoms with Crippen molar-refractivity contribution in [1.82, 2.24) is 9.88 Å². The van der Waals surface area contributed by atoms with E-state index in [2.05, 4.69) is 5.32 Å². The Morgan fingerprint density at radius 1 is 0.889 bits per heavy atom. The van der Waals surface area contributed by atoms with Gasteiger partial charge in [-0.05, 0) is 47.5 Å². The van der Waals surface area contributed by atoms with Crippen molar-refractivity contribution in [3.05, 3.63) is 83.4 Å². The van der Waals surface area contributed by atoms with Gasteiger partial charge in [-0.25, -0.2) is 8.78 Å². The number of carbonyl (C=O) groups is 1. The summed E-state index contributed by atoms with van der Waals surface area (Å²) in [6.45, 7) is 0.284. The Hall–Kier alpha value is -3.21. The zero-order valence-corrected chi connectivity index (χ0v) is 14.8. The van der Waals surface area contributed by atoms with Crippen LogP contribution in [0.25, 0.3) is 21.8 Å². The third kappa shape index (κ3) is 3.40. The van der Waals surface area contributed by atoms with E-state index >= 15 is 0 Å². The van der Waals surface area contributed by atoms with Gasteiger partial charge >= 0.3 is 0 Å². The lowest BCUT2D eigenvalue weighted by Gasteiger charge is -2.06. The Bertz CT molecular complexity index is 1160. The van der Waals surface area contributed by atoms with Crippen LogP contribution in [0.3, 0.4) is 0 Å². The van der Waals surface area contributed by atoms with E-state index in [1.165, 1.54) is 24.3 Å². The van der Waals surface area contributed by atoms with Crippen LogP contribution < -0.4 is 5.32 Å². The van der Waals surface area contributed by atoms with Crippen LogP contribution in [-0.4, -0.2) is 10.5 Å². The quantitative estimate of drug-likeness (QED) is 0.570. The summed E-state index contributed by atoms with van der Waals surface area (Å²) in [5, 5.41) is 4.62. The van der Waals surface area contributed by atoms with Crippen molar-refractivity contribution in [2.24, 2.45) is 7.05 Å². The molecule has 1 N–H and O–H groups in total. The second-order valence-corrected chi connectivity index (χ2v) is 6.66. The number of benzene rings is 3. The fourth-order valence-corrected chi connectivity index (χ4v) is 3.43. The number of aromatic nitrogens is 1. The molecule has 136 valence electrons. The maximum Gasteiger partial charge on any atom is 0.224 e.